The van der Waals surface area contributed by atoms with Crippen molar-refractivity contribution in [3.05, 3.63) is 11.9 Å². The molecule has 1 aromatic heterocycles. The van der Waals surface area contributed by atoms with E-state index in [4.69, 9.17) is 0 Å². The van der Waals surface area contributed by atoms with Gasteiger partial charge in [0.15, 0.2) is 0 Å². The second kappa shape index (κ2) is 5.95. The molecule has 0 radical (unpaired) electrons. The van der Waals surface area contributed by atoms with Crippen molar-refractivity contribution < 1.29 is 4.79 Å². The second-order valence-corrected chi connectivity index (χ2v) is 4.83. The lowest BCUT2D eigenvalue weighted by atomic mass is 10.3. The van der Waals surface area contributed by atoms with Crippen molar-refractivity contribution in [1.29, 1.82) is 0 Å². The van der Waals surface area contributed by atoms with Crippen LogP contribution in [0.3, 0.4) is 0 Å². The Bertz CT molecular complexity index is 399. The molecule has 0 spiro atoms. The van der Waals surface area contributed by atoms with Crippen LogP contribution in [0.1, 0.15) is 44.8 Å². The summed E-state index contributed by atoms with van der Waals surface area (Å²) < 4.78 is 1.63. The molecule has 2 rings (SSSR count). The van der Waals surface area contributed by atoms with E-state index in [1.54, 1.807) is 4.68 Å². The van der Waals surface area contributed by atoms with E-state index in [0.717, 1.165) is 31.5 Å². The molecule has 1 fully saturated rings. The van der Waals surface area contributed by atoms with Gasteiger partial charge in [-0.3, -0.25) is 4.79 Å². The highest BCUT2D eigenvalue weighted by molar-refractivity contribution is 5.80. The third-order valence-electron chi connectivity index (χ3n) is 2.99. The summed E-state index contributed by atoms with van der Waals surface area (Å²) in [4.78, 5) is 11.8. The molecule has 6 heteroatoms. The smallest absolute Gasteiger partial charge is 0.244 e. The van der Waals surface area contributed by atoms with Gasteiger partial charge in [-0.25, -0.2) is 4.68 Å². The summed E-state index contributed by atoms with van der Waals surface area (Å²) in [6.45, 7) is 5.62. The first-order valence-electron chi connectivity index (χ1n) is 6.62. The van der Waals surface area contributed by atoms with Gasteiger partial charge in [-0.15, -0.1) is 5.10 Å². The van der Waals surface area contributed by atoms with Gasteiger partial charge in [0.25, 0.3) is 0 Å². The molecule has 0 bridgehead atoms. The van der Waals surface area contributed by atoms with Crippen LogP contribution in [0.25, 0.3) is 0 Å². The Morgan fingerprint density at radius 3 is 3.06 bits per heavy atom. The molecule has 18 heavy (non-hydrogen) atoms. The molecule has 100 valence electrons. The summed E-state index contributed by atoms with van der Waals surface area (Å²) in [5.41, 5.74) is 0.870. The summed E-state index contributed by atoms with van der Waals surface area (Å²) in [6.07, 6.45) is 5.12. The molecule has 0 aromatic carbocycles. The number of aromatic nitrogens is 3. The molecular formula is C12H21N5O. The van der Waals surface area contributed by atoms with Crippen molar-refractivity contribution in [1.82, 2.24) is 25.6 Å². The molecule has 0 saturated heterocycles. The molecule has 1 aliphatic rings. The van der Waals surface area contributed by atoms with Crippen LogP contribution in [-0.2, 0) is 11.3 Å². The largest absolute Gasteiger partial charge is 0.352 e. The minimum Gasteiger partial charge on any atom is -0.352 e. The average Bonchev–Trinajstić information content (AvgIpc) is 3.05. The van der Waals surface area contributed by atoms with Crippen LogP contribution >= 0.6 is 0 Å². The van der Waals surface area contributed by atoms with Gasteiger partial charge in [0.1, 0.15) is 6.04 Å². The van der Waals surface area contributed by atoms with Crippen LogP contribution in [0, 0.1) is 0 Å². The van der Waals surface area contributed by atoms with E-state index in [2.05, 4.69) is 27.9 Å². The zero-order chi connectivity index (χ0) is 13.0. The van der Waals surface area contributed by atoms with Crippen LogP contribution in [0.4, 0.5) is 0 Å². The number of rotatable bonds is 7. The van der Waals surface area contributed by atoms with Gasteiger partial charge in [0, 0.05) is 12.6 Å². The lowest BCUT2D eigenvalue weighted by Gasteiger charge is -2.10. The fraction of sp³-hybridized carbons (Fsp3) is 0.750. The molecule has 1 unspecified atom stereocenters. The van der Waals surface area contributed by atoms with Crippen LogP contribution < -0.4 is 10.6 Å². The SMILES string of the molecule is CCCNCc1cn(C(C)C(=O)NC2CC2)nn1. The van der Waals surface area contributed by atoms with Crippen molar-refractivity contribution in [3.63, 3.8) is 0 Å². The van der Waals surface area contributed by atoms with Gasteiger partial charge in [-0.2, -0.15) is 0 Å². The minimum absolute atomic E-state index is 0.0236. The number of carbonyl (C=O) groups excluding carboxylic acids is 1. The van der Waals surface area contributed by atoms with Gasteiger partial charge >= 0.3 is 0 Å². The number of nitrogens with zero attached hydrogens (tertiary/aromatic N) is 3. The highest BCUT2D eigenvalue weighted by Gasteiger charge is 2.26. The number of carbonyl (C=O) groups is 1. The summed E-state index contributed by atoms with van der Waals surface area (Å²) in [7, 11) is 0. The summed E-state index contributed by atoms with van der Waals surface area (Å²) in [5, 5.41) is 14.3. The normalized spacial score (nSPS) is 16.6. The highest BCUT2D eigenvalue weighted by Crippen LogP contribution is 2.19. The molecule has 1 aliphatic carbocycles. The number of hydrogen-bond donors (Lipinski definition) is 2. The van der Waals surface area contributed by atoms with E-state index in [0.29, 0.717) is 12.6 Å². The molecule has 0 aliphatic heterocycles. The molecule has 1 aromatic rings. The Balaban J connectivity index is 1.85. The molecule has 1 amide bonds. The zero-order valence-electron chi connectivity index (χ0n) is 11.0. The Morgan fingerprint density at radius 2 is 2.39 bits per heavy atom. The lowest BCUT2D eigenvalue weighted by Crippen LogP contribution is -2.32. The Labute approximate surface area is 107 Å². The van der Waals surface area contributed by atoms with E-state index in [1.807, 2.05) is 13.1 Å². The van der Waals surface area contributed by atoms with Crippen molar-refractivity contribution >= 4 is 5.91 Å². The molecule has 2 N–H and O–H groups in total. The van der Waals surface area contributed by atoms with Gasteiger partial charge in [0.05, 0.1) is 11.9 Å². The van der Waals surface area contributed by atoms with Crippen molar-refractivity contribution in [2.45, 2.75) is 51.7 Å². The monoisotopic (exact) mass is 251 g/mol. The Morgan fingerprint density at radius 1 is 1.61 bits per heavy atom. The topological polar surface area (TPSA) is 71.8 Å². The molecule has 1 saturated carbocycles. The predicted octanol–water partition coefficient (Wildman–Crippen LogP) is 0.617. The lowest BCUT2D eigenvalue weighted by molar-refractivity contribution is -0.124. The van der Waals surface area contributed by atoms with E-state index in [-0.39, 0.29) is 11.9 Å². The van der Waals surface area contributed by atoms with Crippen LogP contribution in [0.15, 0.2) is 6.20 Å². The quantitative estimate of drug-likeness (QED) is 0.697. The first-order valence-corrected chi connectivity index (χ1v) is 6.62. The molecular weight excluding hydrogens is 230 g/mol. The predicted molar refractivity (Wildman–Crippen MR) is 67.9 cm³/mol. The van der Waals surface area contributed by atoms with E-state index < -0.39 is 0 Å². The van der Waals surface area contributed by atoms with Gasteiger partial charge in [0.2, 0.25) is 5.91 Å². The van der Waals surface area contributed by atoms with Crippen LogP contribution in [0.2, 0.25) is 0 Å². The first kappa shape index (κ1) is 13.0. The van der Waals surface area contributed by atoms with Crippen molar-refractivity contribution in [3.8, 4) is 0 Å². The first-order chi connectivity index (χ1) is 8.70. The maximum absolute atomic E-state index is 11.8. The van der Waals surface area contributed by atoms with Crippen LogP contribution in [0.5, 0.6) is 0 Å². The number of hydrogen-bond acceptors (Lipinski definition) is 4. The third kappa shape index (κ3) is 3.53. The maximum Gasteiger partial charge on any atom is 0.244 e. The summed E-state index contributed by atoms with van der Waals surface area (Å²) >= 11 is 0. The number of nitrogens with one attached hydrogen (secondary N) is 2. The summed E-state index contributed by atoms with van der Waals surface area (Å²) in [5.74, 6) is 0.0236. The van der Waals surface area contributed by atoms with E-state index >= 15 is 0 Å². The maximum atomic E-state index is 11.8. The fourth-order valence-corrected chi connectivity index (χ4v) is 1.65. The standard InChI is InChI=1S/C12H21N5O/c1-3-6-13-7-11-8-17(16-15-11)9(2)12(18)14-10-4-5-10/h8-10,13H,3-7H2,1-2H3,(H,14,18). The Kier molecular flexibility index (Phi) is 4.30. The van der Waals surface area contributed by atoms with E-state index in [1.165, 1.54) is 0 Å². The molecule has 1 atom stereocenters. The van der Waals surface area contributed by atoms with Gasteiger partial charge < -0.3 is 10.6 Å². The zero-order valence-corrected chi connectivity index (χ0v) is 11.0. The highest BCUT2D eigenvalue weighted by atomic mass is 16.2. The van der Waals surface area contributed by atoms with Gasteiger partial charge in [-0.1, -0.05) is 12.1 Å². The summed E-state index contributed by atoms with van der Waals surface area (Å²) in [6, 6.07) is 0.0900. The van der Waals surface area contributed by atoms with Crippen molar-refractivity contribution in [2.75, 3.05) is 6.54 Å². The Hall–Kier alpha value is -1.43. The van der Waals surface area contributed by atoms with Crippen LogP contribution in [-0.4, -0.2) is 33.5 Å². The van der Waals surface area contributed by atoms with Crippen molar-refractivity contribution in [2.24, 2.45) is 0 Å². The second-order valence-electron chi connectivity index (χ2n) is 4.83. The number of amides is 1. The fourth-order valence-electron chi connectivity index (χ4n) is 1.65. The minimum atomic E-state index is -0.293. The van der Waals surface area contributed by atoms with E-state index in [9.17, 15) is 4.79 Å². The molecule has 6 nitrogen and oxygen atoms in total. The third-order valence-corrected chi connectivity index (χ3v) is 2.99. The average molecular weight is 251 g/mol. The molecule has 1 heterocycles. The van der Waals surface area contributed by atoms with Gasteiger partial charge in [-0.05, 0) is 32.7 Å².